The fraction of sp³-hybridized carbons (Fsp3) is 0.423. The second kappa shape index (κ2) is 8.64. The van der Waals surface area contributed by atoms with Crippen LogP contribution in [0.4, 0.5) is 4.39 Å². The highest BCUT2D eigenvalue weighted by Gasteiger charge is 2.39. The fourth-order valence-corrected chi connectivity index (χ4v) is 5.60. The fourth-order valence-electron chi connectivity index (χ4n) is 5.60. The number of fused-ring (bicyclic) bond motifs is 2. The molecule has 184 valence electrons. The molecule has 0 amide bonds. The summed E-state index contributed by atoms with van der Waals surface area (Å²) in [6.45, 7) is 4.63. The molecular weight excluding hydrogens is 451 g/mol. The highest BCUT2D eigenvalue weighted by Crippen LogP contribution is 2.47. The van der Waals surface area contributed by atoms with Crippen LogP contribution in [0.15, 0.2) is 30.5 Å². The van der Waals surface area contributed by atoms with Gasteiger partial charge in [-0.15, -0.1) is 0 Å². The number of halogens is 1. The van der Waals surface area contributed by atoms with E-state index in [1.807, 2.05) is 6.07 Å². The van der Waals surface area contributed by atoms with Gasteiger partial charge in [0, 0.05) is 40.9 Å². The lowest BCUT2D eigenvalue weighted by molar-refractivity contribution is -0.141. The van der Waals surface area contributed by atoms with Crippen molar-refractivity contribution >= 4 is 28.0 Å². The van der Waals surface area contributed by atoms with Gasteiger partial charge in [-0.25, -0.2) is 9.37 Å². The number of H-pyrrole nitrogens is 1. The summed E-state index contributed by atoms with van der Waals surface area (Å²) in [7, 11) is 3.11. The maximum atomic E-state index is 14.4. The number of benzene rings is 1. The van der Waals surface area contributed by atoms with Gasteiger partial charge in [-0.2, -0.15) is 5.10 Å². The molecule has 3 aromatic heterocycles. The second-order valence-corrected chi connectivity index (χ2v) is 9.94. The maximum absolute atomic E-state index is 14.4. The quantitative estimate of drug-likeness (QED) is 0.388. The molecule has 8 nitrogen and oxygen atoms in total. The van der Waals surface area contributed by atoms with Crippen LogP contribution < -0.4 is 4.74 Å². The third-order valence-corrected chi connectivity index (χ3v) is 7.11. The SMILES string of the molecule is COCC(C)(C)c1c([C@@H]2CC[C@@H](C(=O)O)C2)c2nc3[nH]ncc3cc2n1-c1ccc(F)c(OC)c1. The van der Waals surface area contributed by atoms with Gasteiger partial charge < -0.3 is 19.1 Å². The summed E-state index contributed by atoms with van der Waals surface area (Å²) in [6, 6.07) is 6.82. The van der Waals surface area contributed by atoms with E-state index in [-0.39, 0.29) is 11.7 Å². The number of aliphatic carboxylic acids is 1. The Morgan fingerprint density at radius 2 is 2.09 bits per heavy atom. The summed E-state index contributed by atoms with van der Waals surface area (Å²) in [5, 5.41) is 17.6. The van der Waals surface area contributed by atoms with E-state index in [1.165, 1.54) is 13.2 Å². The number of rotatable bonds is 7. The lowest BCUT2D eigenvalue weighted by Crippen LogP contribution is -2.28. The van der Waals surface area contributed by atoms with Crippen LogP contribution in [0.3, 0.4) is 0 Å². The average molecular weight is 481 g/mol. The number of aromatic amines is 1. The topological polar surface area (TPSA) is 102 Å². The highest BCUT2D eigenvalue weighted by molar-refractivity contribution is 5.94. The number of hydrogen-bond acceptors (Lipinski definition) is 5. The molecule has 3 heterocycles. The minimum atomic E-state index is -0.763. The predicted molar refractivity (Wildman–Crippen MR) is 130 cm³/mol. The van der Waals surface area contributed by atoms with E-state index < -0.39 is 23.1 Å². The average Bonchev–Trinajstić information content (AvgIpc) is 3.54. The third kappa shape index (κ3) is 3.83. The van der Waals surface area contributed by atoms with Gasteiger partial charge in [0.2, 0.25) is 0 Å². The van der Waals surface area contributed by atoms with Gasteiger partial charge >= 0.3 is 5.97 Å². The highest BCUT2D eigenvalue weighted by atomic mass is 19.1. The Morgan fingerprint density at radius 1 is 1.29 bits per heavy atom. The first-order valence-electron chi connectivity index (χ1n) is 11.7. The van der Waals surface area contributed by atoms with Crippen LogP contribution in [0.2, 0.25) is 0 Å². The van der Waals surface area contributed by atoms with E-state index >= 15 is 0 Å². The number of nitrogens with zero attached hydrogens (tertiary/aromatic N) is 3. The molecule has 9 heteroatoms. The van der Waals surface area contributed by atoms with Gasteiger partial charge in [0.15, 0.2) is 17.2 Å². The molecule has 1 fully saturated rings. The standard InChI is InChI=1S/C26H29FN4O4/c1-26(2,13-34-3)23-21(14-5-6-15(9-14)25(32)33)22-19(10-16-12-28-30-24(16)29-22)31(23)17-7-8-18(27)20(11-17)35-4/h7-8,10-12,14-15H,5-6,9,13H2,1-4H3,(H,32,33)(H,28,29,30)/t14-,15-/m1/s1. The van der Waals surface area contributed by atoms with Crippen molar-refractivity contribution in [3.63, 3.8) is 0 Å². The Hall–Kier alpha value is -3.46. The van der Waals surface area contributed by atoms with Gasteiger partial charge in [-0.3, -0.25) is 9.89 Å². The van der Waals surface area contributed by atoms with E-state index in [4.69, 9.17) is 14.5 Å². The first kappa shape index (κ1) is 23.3. The predicted octanol–water partition coefficient (Wildman–Crippen LogP) is 4.94. The number of aromatic nitrogens is 4. The van der Waals surface area contributed by atoms with Gasteiger partial charge in [0.1, 0.15) is 0 Å². The molecule has 0 saturated heterocycles. The van der Waals surface area contributed by atoms with Gasteiger partial charge in [0.25, 0.3) is 0 Å². The Morgan fingerprint density at radius 3 is 2.77 bits per heavy atom. The van der Waals surface area contributed by atoms with Gasteiger partial charge in [-0.05, 0) is 43.4 Å². The zero-order valence-electron chi connectivity index (χ0n) is 20.3. The number of carbonyl (C=O) groups is 1. The molecule has 0 bridgehead atoms. The van der Waals surface area contributed by atoms with Crippen LogP contribution in [-0.4, -0.2) is 51.7 Å². The summed E-state index contributed by atoms with van der Waals surface area (Å²) in [5.74, 6) is -1.44. The summed E-state index contributed by atoms with van der Waals surface area (Å²) < 4.78 is 27.4. The molecule has 1 saturated carbocycles. The van der Waals surface area contributed by atoms with Crippen LogP contribution >= 0.6 is 0 Å². The van der Waals surface area contributed by atoms with Crippen molar-refractivity contribution in [2.45, 2.75) is 44.4 Å². The molecule has 1 aliphatic carbocycles. The number of methoxy groups -OCH3 is 2. The van der Waals surface area contributed by atoms with Crippen molar-refractivity contribution in [3.8, 4) is 11.4 Å². The number of carboxylic acid groups (broad SMARTS) is 1. The minimum Gasteiger partial charge on any atom is -0.494 e. The van der Waals surface area contributed by atoms with E-state index in [1.54, 1.807) is 25.4 Å². The Bertz CT molecular complexity index is 1420. The molecule has 2 N–H and O–H groups in total. The van der Waals surface area contributed by atoms with Crippen molar-refractivity contribution < 1.29 is 23.8 Å². The first-order valence-corrected chi connectivity index (χ1v) is 11.7. The van der Waals surface area contributed by atoms with E-state index in [0.29, 0.717) is 25.1 Å². The number of hydrogen-bond donors (Lipinski definition) is 2. The van der Waals surface area contributed by atoms with E-state index in [9.17, 15) is 14.3 Å². The molecule has 2 atom stereocenters. The molecule has 1 aromatic carbocycles. The summed E-state index contributed by atoms with van der Waals surface area (Å²) >= 11 is 0. The number of pyridine rings is 1. The smallest absolute Gasteiger partial charge is 0.306 e. The third-order valence-electron chi connectivity index (χ3n) is 7.11. The zero-order valence-corrected chi connectivity index (χ0v) is 20.3. The first-order chi connectivity index (χ1) is 16.7. The molecular formula is C26H29FN4O4. The molecule has 0 spiro atoms. The number of ether oxygens (including phenoxy) is 2. The van der Waals surface area contributed by atoms with Gasteiger partial charge in [0.05, 0.1) is 36.9 Å². The van der Waals surface area contributed by atoms with Crippen molar-refractivity contribution in [1.29, 1.82) is 0 Å². The normalized spacial score (nSPS) is 18.5. The molecule has 0 radical (unpaired) electrons. The molecule has 0 aliphatic heterocycles. The number of nitrogens with one attached hydrogen (secondary N) is 1. The van der Waals surface area contributed by atoms with Crippen LogP contribution in [0.5, 0.6) is 5.75 Å². The molecule has 35 heavy (non-hydrogen) atoms. The van der Waals surface area contributed by atoms with Crippen LogP contribution in [-0.2, 0) is 14.9 Å². The van der Waals surface area contributed by atoms with E-state index in [2.05, 4.69) is 28.6 Å². The van der Waals surface area contributed by atoms with Crippen LogP contribution in [0.1, 0.15) is 50.3 Å². The summed E-state index contributed by atoms with van der Waals surface area (Å²) in [6.07, 6.45) is 3.63. The molecule has 1 aliphatic rings. The van der Waals surface area contributed by atoms with Crippen molar-refractivity contribution in [1.82, 2.24) is 19.7 Å². The molecule has 4 aromatic rings. The largest absolute Gasteiger partial charge is 0.494 e. The maximum Gasteiger partial charge on any atom is 0.306 e. The van der Waals surface area contributed by atoms with Crippen LogP contribution in [0.25, 0.3) is 27.8 Å². The molecule has 0 unspecified atom stereocenters. The monoisotopic (exact) mass is 480 g/mol. The Kier molecular flexibility index (Phi) is 5.75. The van der Waals surface area contributed by atoms with Crippen molar-refractivity contribution in [2.75, 3.05) is 20.8 Å². The van der Waals surface area contributed by atoms with E-state index in [0.717, 1.165) is 39.8 Å². The Labute approximate surface area is 202 Å². The van der Waals surface area contributed by atoms with Crippen molar-refractivity contribution in [3.05, 3.63) is 47.5 Å². The zero-order chi connectivity index (χ0) is 24.9. The van der Waals surface area contributed by atoms with Crippen LogP contribution in [0, 0.1) is 11.7 Å². The van der Waals surface area contributed by atoms with Crippen molar-refractivity contribution in [2.24, 2.45) is 5.92 Å². The lowest BCUT2D eigenvalue weighted by atomic mass is 9.82. The number of carboxylic acids is 1. The van der Waals surface area contributed by atoms with Gasteiger partial charge in [-0.1, -0.05) is 13.8 Å². The second-order valence-electron chi connectivity index (χ2n) is 9.94. The minimum absolute atomic E-state index is 0.0150. The molecule has 5 rings (SSSR count). The Balaban J connectivity index is 1.87. The summed E-state index contributed by atoms with van der Waals surface area (Å²) in [5.41, 5.74) is 4.57. The summed E-state index contributed by atoms with van der Waals surface area (Å²) in [4.78, 5) is 16.8. The lowest BCUT2D eigenvalue weighted by Gasteiger charge is -2.29.